The summed E-state index contributed by atoms with van der Waals surface area (Å²) >= 11 is 0. The van der Waals surface area contributed by atoms with Crippen LogP contribution in [0.25, 0.3) is 0 Å². The zero-order valence-electron chi connectivity index (χ0n) is 15.4. The highest BCUT2D eigenvalue weighted by Gasteiger charge is 2.18. The molecule has 0 radical (unpaired) electrons. The molecule has 1 atom stereocenters. The van der Waals surface area contributed by atoms with Gasteiger partial charge in [0.1, 0.15) is 12.4 Å². The molecule has 27 heavy (non-hydrogen) atoms. The van der Waals surface area contributed by atoms with Crippen molar-refractivity contribution in [1.82, 2.24) is 4.72 Å². The number of ether oxygens (including phenoxy) is 1. The second-order valence-electron chi connectivity index (χ2n) is 6.50. The first-order valence-electron chi connectivity index (χ1n) is 8.80. The first-order chi connectivity index (χ1) is 12.9. The van der Waals surface area contributed by atoms with Gasteiger partial charge in [0.05, 0.1) is 4.90 Å². The predicted octanol–water partition coefficient (Wildman–Crippen LogP) is 4.61. The van der Waals surface area contributed by atoms with E-state index in [1.54, 1.807) is 24.3 Å². The zero-order chi connectivity index (χ0) is 19.3. The van der Waals surface area contributed by atoms with Crippen LogP contribution >= 0.6 is 0 Å². The Labute approximate surface area is 160 Å². The van der Waals surface area contributed by atoms with Crippen molar-refractivity contribution >= 4 is 10.0 Å². The summed E-state index contributed by atoms with van der Waals surface area (Å²) in [5.74, 6) is 0.746. The minimum Gasteiger partial charge on any atom is -0.489 e. The lowest BCUT2D eigenvalue weighted by atomic mass is 10.1. The normalized spacial score (nSPS) is 12.5. The van der Waals surface area contributed by atoms with E-state index in [2.05, 4.69) is 4.72 Å². The summed E-state index contributed by atoms with van der Waals surface area (Å²) in [6.45, 7) is 4.25. The predicted molar refractivity (Wildman–Crippen MR) is 107 cm³/mol. The molecule has 4 nitrogen and oxygen atoms in total. The number of nitrogens with one attached hydrogen (secondary N) is 1. The molecule has 0 spiro atoms. The van der Waals surface area contributed by atoms with Crippen LogP contribution in [0, 0.1) is 6.92 Å². The van der Waals surface area contributed by atoms with E-state index in [1.807, 2.05) is 68.4 Å². The molecule has 0 bridgehead atoms. The number of sulfonamides is 1. The summed E-state index contributed by atoms with van der Waals surface area (Å²) < 4.78 is 33.5. The van der Waals surface area contributed by atoms with Crippen LogP contribution in [0.4, 0.5) is 0 Å². The number of aryl methyl sites for hydroxylation is 1. The van der Waals surface area contributed by atoms with Gasteiger partial charge in [-0.2, -0.15) is 0 Å². The van der Waals surface area contributed by atoms with Gasteiger partial charge in [0.15, 0.2) is 0 Å². The number of rotatable bonds is 7. The first kappa shape index (κ1) is 19.1. The average Bonchev–Trinajstić information content (AvgIpc) is 2.67. The molecule has 140 valence electrons. The fraction of sp³-hybridized carbons (Fsp3) is 0.182. The zero-order valence-corrected chi connectivity index (χ0v) is 16.2. The van der Waals surface area contributed by atoms with Gasteiger partial charge in [-0.15, -0.1) is 0 Å². The lowest BCUT2D eigenvalue weighted by Gasteiger charge is -2.15. The van der Waals surface area contributed by atoms with Crippen molar-refractivity contribution in [2.75, 3.05) is 0 Å². The Morgan fingerprint density at radius 2 is 1.52 bits per heavy atom. The molecule has 0 aromatic heterocycles. The minimum atomic E-state index is -3.56. The monoisotopic (exact) mass is 381 g/mol. The van der Waals surface area contributed by atoms with E-state index in [1.165, 1.54) is 0 Å². The van der Waals surface area contributed by atoms with Crippen molar-refractivity contribution in [2.45, 2.75) is 31.4 Å². The van der Waals surface area contributed by atoms with Gasteiger partial charge < -0.3 is 4.74 Å². The van der Waals surface area contributed by atoms with Gasteiger partial charge in [-0.1, -0.05) is 60.2 Å². The van der Waals surface area contributed by atoms with E-state index in [0.717, 1.165) is 22.4 Å². The fourth-order valence-corrected chi connectivity index (χ4v) is 3.91. The highest BCUT2D eigenvalue weighted by atomic mass is 32.2. The second kappa shape index (κ2) is 8.37. The number of hydrogen-bond donors (Lipinski definition) is 1. The van der Waals surface area contributed by atoms with E-state index < -0.39 is 10.0 Å². The molecule has 3 aromatic rings. The second-order valence-corrected chi connectivity index (χ2v) is 8.21. The van der Waals surface area contributed by atoms with Crippen LogP contribution in [0.5, 0.6) is 5.75 Å². The lowest BCUT2D eigenvalue weighted by Crippen LogP contribution is -2.26. The molecule has 0 amide bonds. The summed E-state index contributed by atoms with van der Waals surface area (Å²) in [4.78, 5) is 0.266. The Bertz CT molecular complexity index is 966. The molecule has 3 aromatic carbocycles. The van der Waals surface area contributed by atoms with Crippen LogP contribution in [0.15, 0.2) is 83.8 Å². The van der Waals surface area contributed by atoms with Crippen LogP contribution in [0.3, 0.4) is 0 Å². The third-order valence-corrected chi connectivity index (χ3v) is 5.85. The Kier molecular flexibility index (Phi) is 5.94. The Morgan fingerprint density at radius 1 is 0.889 bits per heavy atom. The van der Waals surface area contributed by atoms with E-state index >= 15 is 0 Å². The molecule has 1 unspecified atom stereocenters. The lowest BCUT2D eigenvalue weighted by molar-refractivity contribution is 0.306. The SMILES string of the molecule is Cc1ccc(S(=O)(=O)NC(C)c2ccc(OCc3ccccc3)cc2)cc1. The summed E-state index contributed by atoms with van der Waals surface area (Å²) in [7, 11) is -3.56. The van der Waals surface area contributed by atoms with E-state index in [9.17, 15) is 8.42 Å². The topological polar surface area (TPSA) is 55.4 Å². The maximum Gasteiger partial charge on any atom is 0.241 e. The molecular formula is C22H23NO3S. The molecule has 0 fully saturated rings. The summed E-state index contributed by atoms with van der Waals surface area (Å²) in [6.07, 6.45) is 0. The van der Waals surface area contributed by atoms with Gasteiger partial charge in [0.25, 0.3) is 0 Å². The Hall–Kier alpha value is -2.63. The van der Waals surface area contributed by atoms with Gasteiger partial charge >= 0.3 is 0 Å². The quantitative estimate of drug-likeness (QED) is 0.650. The highest BCUT2D eigenvalue weighted by Crippen LogP contribution is 2.21. The number of hydrogen-bond acceptors (Lipinski definition) is 3. The Morgan fingerprint density at radius 3 is 2.15 bits per heavy atom. The van der Waals surface area contributed by atoms with Crippen molar-refractivity contribution in [3.05, 3.63) is 95.6 Å². The largest absolute Gasteiger partial charge is 0.489 e. The summed E-state index contributed by atoms with van der Waals surface area (Å²) in [5.41, 5.74) is 2.99. The molecule has 0 aliphatic rings. The third-order valence-electron chi connectivity index (χ3n) is 4.29. The van der Waals surface area contributed by atoms with E-state index in [-0.39, 0.29) is 10.9 Å². The Balaban J connectivity index is 1.63. The molecule has 0 aliphatic carbocycles. The van der Waals surface area contributed by atoms with Crippen molar-refractivity contribution in [3.63, 3.8) is 0 Å². The molecule has 0 saturated heterocycles. The standard InChI is InChI=1S/C22H23NO3S/c1-17-8-14-22(15-9-17)27(24,25)23-18(2)20-10-12-21(13-11-20)26-16-19-6-4-3-5-7-19/h3-15,18,23H,16H2,1-2H3. The first-order valence-corrected chi connectivity index (χ1v) is 10.3. The van der Waals surface area contributed by atoms with Gasteiger partial charge in [-0.25, -0.2) is 13.1 Å². The number of benzene rings is 3. The van der Waals surface area contributed by atoms with Crippen LogP contribution in [0.1, 0.15) is 29.7 Å². The van der Waals surface area contributed by atoms with Gasteiger partial charge in [-0.05, 0) is 49.2 Å². The maximum atomic E-state index is 12.5. The van der Waals surface area contributed by atoms with Crippen LogP contribution < -0.4 is 9.46 Å². The molecule has 0 saturated carbocycles. The van der Waals surface area contributed by atoms with Crippen molar-refractivity contribution < 1.29 is 13.2 Å². The van der Waals surface area contributed by atoms with Crippen LogP contribution in [-0.2, 0) is 16.6 Å². The summed E-state index contributed by atoms with van der Waals surface area (Å²) in [5, 5.41) is 0. The highest BCUT2D eigenvalue weighted by molar-refractivity contribution is 7.89. The van der Waals surface area contributed by atoms with Crippen LogP contribution in [-0.4, -0.2) is 8.42 Å². The fourth-order valence-electron chi connectivity index (χ4n) is 2.68. The molecule has 1 N–H and O–H groups in total. The van der Waals surface area contributed by atoms with Crippen molar-refractivity contribution in [1.29, 1.82) is 0 Å². The molecule has 0 aliphatic heterocycles. The minimum absolute atomic E-state index is 0.266. The molecular weight excluding hydrogens is 358 g/mol. The van der Waals surface area contributed by atoms with E-state index in [0.29, 0.717) is 6.61 Å². The molecule has 3 rings (SSSR count). The maximum absolute atomic E-state index is 12.5. The van der Waals surface area contributed by atoms with Gasteiger partial charge in [0, 0.05) is 6.04 Å². The molecule has 0 heterocycles. The summed E-state index contributed by atoms with van der Waals surface area (Å²) in [6, 6.07) is 23.9. The molecule has 5 heteroatoms. The van der Waals surface area contributed by atoms with Crippen molar-refractivity contribution in [3.8, 4) is 5.75 Å². The van der Waals surface area contributed by atoms with Crippen molar-refractivity contribution in [2.24, 2.45) is 0 Å². The average molecular weight is 381 g/mol. The van der Waals surface area contributed by atoms with Gasteiger partial charge in [0.2, 0.25) is 10.0 Å². The smallest absolute Gasteiger partial charge is 0.241 e. The van der Waals surface area contributed by atoms with E-state index in [4.69, 9.17) is 4.74 Å². The third kappa shape index (κ3) is 5.18. The van der Waals surface area contributed by atoms with Crippen LogP contribution in [0.2, 0.25) is 0 Å². The van der Waals surface area contributed by atoms with Gasteiger partial charge in [-0.3, -0.25) is 0 Å².